The molecule has 1 aromatic carbocycles. The van der Waals surface area contributed by atoms with Crippen LogP contribution < -0.4 is 0 Å². The van der Waals surface area contributed by atoms with Crippen LogP contribution in [0.15, 0.2) is 30.3 Å². The Morgan fingerprint density at radius 2 is 1.96 bits per heavy atom. The summed E-state index contributed by atoms with van der Waals surface area (Å²) in [5.41, 5.74) is 0.912. The SMILES string of the molecule is CC1[C@@H]2CCN(Cc3ccccc3)[C@@H]2CN1C(=O)OC(C)(C)C. The number of rotatable bonds is 2. The van der Waals surface area contributed by atoms with Crippen LogP contribution in [-0.4, -0.2) is 46.7 Å². The van der Waals surface area contributed by atoms with Gasteiger partial charge in [-0.2, -0.15) is 0 Å². The van der Waals surface area contributed by atoms with Crippen molar-refractivity contribution in [2.75, 3.05) is 13.1 Å². The Labute approximate surface area is 139 Å². The van der Waals surface area contributed by atoms with Gasteiger partial charge in [0.2, 0.25) is 0 Å². The summed E-state index contributed by atoms with van der Waals surface area (Å²) >= 11 is 0. The highest BCUT2D eigenvalue weighted by Gasteiger charge is 2.48. The molecule has 4 nitrogen and oxygen atoms in total. The lowest BCUT2D eigenvalue weighted by Gasteiger charge is -2.29. The molecule has 0 aliphatic carbocycles. The minimum atomic E-state index is -0.432. The first kappa shape index (κ1) is 16.3. The molecular formula is C19H28N2O2. The normalized spacial score (nSPS) is 28.0. The fraction of sp³-hybridized carbons (Fsp3) is 0.632. The molecule has 2 fully saturated rings. The Bertz CT molecular complexity index is 552. The third-order valence-electron chi connectivity index (χ3n) is 5.06. The second-order valence-corrected chi connectivity index (χ2v) is 7.85. The van der Waals surface area contributed by atoms with Crippen LogP contribution in [-0.2, 0) is 11.3 Å². The number of carbonyl (C=O) groups is 1. The van der Waals surface area contributed by atoms with E-state index in [-0.39, 0.29) is 12.1 Å². The average Bonchev–Trinajstić information content (AvgIpc) is 3.00. The number of nitrogens with zero attached hydrogens (tertiary/aromatic N) is 2. The molecule has 0 saturated carbocycles. The van der Waals surface area contributed by atoms with Crippen molar-refractivity contribution >= 4 is 6.09 Å². The van der Waals surface area contributed by atoms with Crippen molar-refractivity contribution in [3.05, 3.63) is 35.9 Å². The first-order valence-electron chi connectivity index (χ1n) is 8.63. The molecule has 2 aliphatic heterocycles. The van der Waals surface area contributed by atoms with Crippen LogP contribution in [0.1, 0.15) is 39.7 Å². The molecule has 1 unspecified atom stereocenters. The van der Waals surface area contributed by atoms with E-state index < -0.39 is 5.60 Å². The monoisotopic (exact) mass is 316 g/mol. The highest BCUT2D eigenvalue weighted by atomic mass is 16.6. The molecule has 0 radical (unpaired) electrons. The first-order chi connectivity index (χ1) is 10.8. The van der Waals surface area contributed by atoms with Gasteiger partial charge in [-0.05, 0) is 52.1 Å². The molecule has 0 aromatic heterocycles. The van der Waals surface area contributed by atoms with E-state index in [1.807, 2.05) is 25.7 Å². The Hall–Kier alpha value is -1.55. The number of benzene rings is 1. The van der Waals surface area contributed by atoms with Crippen LogP contribution in [0.3, 0.4) is 0 Å². The highest BCUT2D eigenvalue weighted by Crippen LogP contribution is 2.37. The standard InChI is InChI=1S/C19H28N2O2/c1-14-16-10-11-20(12-15-8-6-5-7-9-15)17(16)13-21(14)18(22)23-19(2,3)4/h5-9,14,16-17H,10-13H2,1-4H3/t14?,16-,17+/m0/s1. The van der Waals surface area contributed by atoms with Gasteiger partial charge >= 0.3 is 6.09 Å². The predicted molar refractivity (Wildman–Crippen MR) is 91.1 cm³/mol. The van der Waals surface area contributed by atoms with Gasteiger partial charge in [0.1, 0.15) is 5.60 Å². The van der Waals surface area contributed by atoms with E-state index >= 15 is 0 Å². The molecule has 3 rings (SSSR count). The van der Waals surface area contributed by atoms with Gasteiger partial charge < -0.3 is 9.64 Å². The number of carbonyl (C=O) groups excluding carboxylic acids is 1. The number of fused-ring (bicyclic) bond motifs is 1. The number of amides is 1. The van der Waals surface area contributed by atoms with E-state index in [1.54, 1.807) is 0 Å². The summed E-state index contributed by atoms with van der Waals surface area (Å²) in [5, 5.41) is 0. The van der Waals surface area contributed by atoms with Crippen LogP contribution >= 0.6 is 0 Å². The summed E-state index contributed by atoms with van der Waals surface area (Å²) in [6.07, 6.45) is 0.997. The van der Waals surface area contributed by atoms with E-state index in [9.17, 15) is 4.79 Å². The smallest absolute Gasteiger partial charge is 0.410 e. The maximum absolute atomic E-state index is 12.5. The molecule has 0 N–H and O–H groups in total. The summed E-state index contributed by atoms with van der Waals surface area (Å²) in [6.45, 7) is 10.8. The van der Waals surface area contributed by atoms with Gasteiger partial charge in [0.15, 0.2) is 0 Å². The molecule has 2 saturated heterocycles. The minimum Gasteiger partial charge on any atom is -0.444 e. The number of hydrogen-bond donors (Lipinski definition) is 0. The maximum atomic E-state index is 12.5. The maximum Gasteiger partial charge on any atom is 0.410 e. The van der Waals surface area contributed by atoms with Crippen molar-refractivity contribution in [3.8, 4) is 0 Å². The van der Waals surface area contributed by atoms with Crippen molar-refractivity contribution in [2.24, 2.45) is 5.92 Å². The number of likely N-dealkylation sites (tertiary alicyclic amines) is 2. The molecule has 0 bridgehead atoms. The van der Waals surface area contributed by atoms with Crippen molar-refractivity contribution in [1.82, 2.24) is 9.80 Å². The van der Waals surface area contributed by atoms with E-state index in [0.717, 1.165) is 26.1 Å². The Balaban J connectivity index is 1.66. The van der Waals surface area contributed by atoms with Gasteiger partial charge in [-0.1, -0.05) is 30.3 Å². The van der Waals surface area contributed by atoms with Gasteiger partial charge in [-0.3, -0.25) is 4.90 Å². The zero-order valence-corrected chi connectivity index (χ0v) is 14.7. The lowest BCUT2D eigenvalue weighted by Crippen LogP contribution is -2.41. The van der Waals surface area contributed by atoms with Gasteiger partial charge in [0.05, 0.1) is 0 Å². The molecule has 2 heterocycles. The second-order valence-electron chi connectivity index (χ2n) is 7.85. The van der Waals surface area contributed by atoms with E-state index in [0.29, 0.717) is 12.0 Å². The van der Waals surface area contributed by atoms with Crippen LogP contribution in [0.4, 0.5) is 4.79 Å². The molecule has 23 heavy (non-hydrogen) atoms. The summed E-state index contributed by atoms with van der Waals surface area (Å²) in [4.78, 5) is 16.9. The third-order valence-corrected chi connectivity index (χ3v) is 5.06. The Morgan fingerprint density at radius 1 is 1.26 bits per heavy atom. The van der Waals surface area contributed by atoms with Gasteiger partial charge in [0.25, 0.3) is 0 Å². The van der Waals surface area contributed by atoms with E-state index in [1.165, 1.54) is 5.56 Å². The van der Waals surface area contributed by atoms with Crippen LogP contribution in [0.2, 0.25) is 0 Å². The topological polar surface area (TPSA) is 32.8 Å². The number of ether oxygens (including phenoxy) is 1. The lowest BCUT2D eigenvalue weighted by atomic mass is 9.98. The molecule has 1 aromatic rings. The summed E-state index contributed by atoms with van der Waals surface area (Å²) in [7, 11) is 0. The fourth-order valence-corrected chi connectivity index (χ4v) is 3.93. The zero-order chi connectivity index (χ0) is 16.6. The van der Waals surface area contributed by atoms with E-state index in [2.05, 4.69) is 42.2 Å². The highest BCUT2D eigenvalue weighted by molar-refractivity contribution is 5.69. The predicted octanol–water partition coefficient (Wildman–Crippen LogP) is 3.52. The van der Waals surface area contributed by atoms with Crippen LogP contribution in [0.5, 0.6) is 0 Å². The summed E-state index contributed by atoms with van der Waals surface area (Å²) < 4.78 is 5.58. The van der Waals surface area contributed by atoms with Crippen molar-refractivity contribution in [3.63, 3.8) is 0 Å². The Morgan fingerprint density at radius 3 is 2.61 bits per heavy atom. The third kappa shape index (κ3) is 3.52. The summed E-state index contributed by atoms with van der Waals surface area (Å²) in [6, 6.07) is 11.3. The van der Waals surface area contributed by atoms with Crippen LogP contribution in [0, 0.1) is 5.92 Å². The quantitative estimate of drug-likeness (QED) is 0.837. The van der Waals surface area contributed by atoms with Gasteiger partial charge in [0, 0.05) is 25.2 Å². The minimum absolute atomic E-state index is 0.168. The molecular weight excluding hydrogens is 288 g/mol. The van der Waals surface area contributed by atoms with Crippen molar-refractivity contribution in [2.45, 2.75) is 58.3 Å². The number of hydrogen-bond acceptors (Lipinski definition) is 3. The second kappa shape index (κ2) is 6.16. The van der Waals surface area contributed by atoms with Crippen molar-refractivity contribution < 1.29 is 9.53 Å². The largest absolute Gasteiger partial charge is 0.444 e. The van der Waals surface area contributed by atoms with Crippen molar-refractivity contribution in [1.29, 1.82) is 0 Å². The average molecular weight is 316 g/mol. The van der Waals surface area contributed by atoms with Crippen LogP contribution in [0.25, 0.3) is 0 Å². The van der Waals surface area contributed by atoms with E-state index in [4.69, 9.17) is 4.74 Å². The molecule has 0 spiro atoms. The van der Waals surface area contributed by atoms with Gasteiger partial charge in [-0.25, -0.2) is 4.79 Å². The lowest BCUT2D eigenvalue weighted by molar-refractivity contribution is 0.0208. The molecule has 4 heteroatoms. The molecule has 2 aliphatic rings. The van der Waals surface area contributed by atoms with Gasteiger partial charge in [-0.15, -0.1) is 0 Å². The first-order valence-corrected chi connectivity index (χ1v) is 8.63. The Kier molecular flexibility index (Phi) is 4.37. The summed E-state index contributed by atoms with van der Waals surface area (Å²) in [5.74, 6) is 0.561. The molecule has 126 valence electrons. The fourth-order valence-electron chi connectivity index (χ4n) is 3.93. The molecule has 3 atom stereocenters. The zero-order valence-electron chi connectivity index (χ0n) is 14.7. The molecule has 1 amide bonds.